The van der Waals surface area contributed by atoms with Gasteiger partial charge in [-0.1, -0.05) is 17.4 Å². The van der Waals surface area contributed by atoms with Crippen LogP contribution in [0.2, 0.25) is 0 Å². The number of amides is 1. The third kappa shape index (κ3) is 4.37. The van der Waals surface area contributed by atoms with Gasteiger partial charge in [0.1, 0.15) is 0 Å². The van der Waals surface area contributed by atoms with Gasteiger partial charge in [-0.15, -0.1) is 0 Å². The summed E-state index contributed by atoms with van der Waals surface area (Å²) in [4.78, 5) is 40.4. The number of nitrogens with zero attached hydrogens (tertiary/aromatic N) is 4. The molecule has 160 valence electrons. The number of aromatic nitrogens is 1. The molecule has 31 heavy (non-hydrogen) atoms. The number of benzene rings is 2. The van der Waals surface area contributed by atoms with E-state index in [-0.39, 0.29) is 18.2 Å². The largest absolute Gasteiger partial charge is 0.376 e. The highest BCUT2D eigenvalue weighted by molar-refractivity contribution is 7.22. The Morgan fingerprint density at radius 1 is 1.19 bits per heavy atom. The van der Waals surface area contributed by atoms with E-state index in [0.717, 1.165) is 46.8 Å². The average molecular weight is 442 g/mol. The van der Waals surface area contributed by atoms with E-state index in [0.29, 0.717) is 11.7 Å². The fraction of sp³-hybridized carbons (Fsp3) is 0.300. The zero-order chi connectivity index (χ0) is 22.1. The lowest BCUT2D eigenvalue weighted by molar-refractivity contribution is -0.394. The van der Waals surface area contributed by atoms with Crippen LogP contribution in [-0.4, -0.2) is 40.0 Å². The van der Waals surface area contributed by atoms with Gasteiger partial charge in [0.15, 0.2) is 5.13 Å². The van der Waals surface area contributed by atoms with E-state index in [1.54, 1.807) is 0 Å². The second-order valence-corrected chi connectivity index (χ2v) is 8.28. The summed E-state index contributed by atoms with van der Waals surface area (Å²) in [6.07, 6.45) is 1.43. The number of carbonyl (C=O) groups excluding carboxylic acids is 1. The monoisotopic (exact) mass is 442 g/mol. The molecule has 10 nitrogen and oxygen atoms in total. The standard InChI is InChI=1S/C20H18N4O6S/c1-12-4-5-17-18(7-12)31-20(21-17)22(11-16-3-2-6-30-16)19(25)13-8-14(23(26)27)10-15(9-13)24(28)29/h4-5,7-10,16H,2-3,6,11H2,1H3. The van der Waals surface area contributed by atoms with Crippen LogP contribution >= 0.6 is 11.3 Å². The second kappa shape index (κ2) is 8.36. The van der Waals surface area contributed by atoms with Crippen molar-refractivity contribution in [1.82, 2.24) is 4.98 Å². The molecule has 2 aromatic carbocycles. The zero-order valence-corrected chi connectivity index (χ0v) is 17.3. The molecular weight excluding hydrogens is 424 g/mol. The number of rotatable bonds is 6. The third-order valence-corrected chi connectivity index (χ3v) is 6.03. The molecule has 3 aromatic rings. The van der Waals surface area contributed by atoms with Crippen molar-refractivity contribution >= 4 is 44.0 Å². The Morgan fingerprint density at radius 2 is 1.90 bits per heavy atom. The molecule has 0 spiro atoms. The van der Waals surface area contributed by atoms with Gasteiger partial charge in [0.2, 0.25) is 0 Å². The van der Waals surface area contributed by atoms with Crippen LogP contribution in [-0.2, 0) is 4.74 Å². The first-order valence-electron chi connectivity index (χ1n) is 9.56. The summed E-state index contributed by atoms with van der Waals surface area (Å²) >= 11 is 1.32. The molecule has 4 rings (SSSR count). The van der Waals surface area contributed by atoms with E-state index in [2.05, 4.69) is 4.98 Å². The van der Waals surface area contributed by atoms with Crippen molar-refractivity contribution in [3.63, 3.8) is 0 Å². The van der Waals surface area contributed by atoms with Gasteiger partial charge < -0.3 is 4.74 Å². The lowest BCUT2D eigenvalue weighted by Crippen LogP contribution is -2.37. The minimum atomic E-state index is -0.755. The van der Waals surface area contributed by atoms with Crippen LogP contribution in [0.25, 0.3) is 10.2 Å². The first kappa shape index (κ1) is 20.8. The van der Waals surface area contributed by atoms with Crippen molar-refractivity contribution < 1.29 is 19.4 Å². The summed E-state index contributed by atoms with van der Waals surface area (Å²) in [6, 6.07) is 8.68. The summed E-state index contributed by atoms with van der Waals surface area (Å²) in [5.41, 5.74) is 0.591. The van der Waals surface area contributed by atoms with Crippen LogP contribution in [0.5, 0.6) is 0 Å². The van der Waals surface area contributed by atoms with Crippen molar-refractivity contribution in [3.8, 4) is 0 Å². The van der Waals surface area contributed by atoms with Crippen LogP contribution in [0.3, 0.4) is 0 Å². The molecule has 0 N–H and O–H groups in total. The molecule has 1 amide bonds. The van der Waals surface area contributed by atoms with Gasteiger partial charge >= 0.3 is 0 Å². The highest BCUT2D eigenvalue weighted by atomic mass is 32.1. The maximum absolute atomic E-state index is 13.4. The first-order valence-corrected chi connectivity index (χ1v) is 10.4. The summed E-state index contributed by atoms with van der Waals surface area (Å²) < 4.78 is 6.57. The average Bonchev–Trinajstić information content (AvgIpc) is 3.40. The van der Waals surface area contributed by atoms with Gasteiger partial charge in [-0.2, -0.15) is 0 Å². The molecule has 0 bridgehead atoms. The number of nitro benzene ring substituents is 2. The predicted molar refractivity (Wildman–Crippen MR) is 115 cm³/mol. The highest BCUT2D eigenvalue weighted by Gasteiger charge is 2.29. The number of hydrogen-bond donors (Lipinski definition) is 0. The minimum absolute atomic E-state index is 0.144. The maximum Gasteiger partial charge on any atom is 0.277 e. The second-order valence-electron chi connectivity index (χ2n) is 7.27. The van der Waals surface area contributed by atoms with E-state index in [9.17, 15) is 25.0 Å². The number of fused-ring (bicyclic) bond motifs is 1. The van der Waals surface area contributed by atoms with Crippen molar-refractivity contribution in [3.05, 3.63) is 67.8 Å². The number of aryl methyl sites for hydroxylation is 1. The molecule has 1 aliphatic heterocycles. The van der Waals surface area contributed by atoms with Gasteiger partial charge in [-0.3, -0.25) is 29.9 Å². The van der Waals surface area contributed by atoms with Crippen LogP contribution in [0, 0.1) is 27.2 Å². The normalized spacial score (nSPS) is 15.8. The summed E-state index contributed by atoms with van der Waals surface area (Å²) in [5.74, 6) is -0.599. The van der Waals surface area contributed by atoms with Crippen molar-refractivity contribution in [2.24, 2.45) is 0 Å². The fourth-order valence-corrected chi connectivity index (χ4v) is 4.53. The van der Waals surface area contributed by atoms with Gasteiger partial charge in [0.25, 0.3) is 17.3 Å². The van der Waals surface area contributed by atoms with Gasteiger partial charge in [-0.05, 0) is 37.5 Å². The smallest absolute Gasteiger partial charge is 0.277 e. The number of ether oxygens (including phenoxy) is 1. The molecule has 0 saturated carbocycles. The van der Waals surface area contributed by atoms with Gasteiger partial charge in [0.05, 0.1) is 44.3 Å². The Bertz CT molecular complexity index is 1160. The zero-order valence-electron chi connectivity index (χ0n) is 16.5. The van der Waals surface area contributed by atoms with Crippen molar-refractivity contribution in [2.75, 3.05) is 18.1 Å². The number of non-ortho nitro benzene ring substituents is 2. The van der Waals surface area contributed by atoms with Crippen LogP contribution in [0.4, 0.5) is 16.5 Å². The molecular formula is C20H18N4O6S. The molecule has 1 saturated heterocycles. The SMILES string of the molecule is Cc1ccc2nc(N(CC3CCCO3)C(=O)c3cc([N+](=O)[O-])cc([N+](=O)[O-])c3)sc2c1. The molecule has 11 heteroatoms. The molecule has 0 radical (unpaired) electrons. The molecule has 1 atom stereocenters. The number of hydrogen-bond acceptors (Lipinski definition) is 8. The number of thiazole rings is 1. The first-order chi connectivity index (χ1) is 14.8. The predicted octanol–water partition coefficient (Wildman–Crippen LogP) is 4.25. The van der Waals surface area contributed by atoms with E-state index in [4.69, 9.17) is 4.74 Å². The van der Waals surface area contributed by atoms with Gasteiger partial charge in [0, 0.05) is 18.7 Å². The topological polar surface area (TPSA) is 129 Å². The van der Waals surface area contributed by atoms with Crippen LogP contribution in [0.15, 0.2) is 36.4 Å². The van der Waals surface area contributed by atoms with E-state index in [1.165, 1.54) is 16.2 Å². The molecule has 1 unspecified atom stereocenters. The molecule has 1 aromatic heterocycles. The molecule has 0 aliphatic carbocycles. The Labute approximate surface area is 180 Å². The Kier molecular flexibility index (Phi) is 5.61. The molecule has 2 heterocycles. The summed E-state index contributed by atoms with van der Waals surface area (Å²) in [5, 5.41) is 22.9. The van der Waals surface area contributed by atoms with Crippen LogP contribution in [0.1, 0.15) is 28.8 Å². The third-order valence-electron chi connectivity index (χ3n) is 4.99. The molecule has 1 aliphatic rings. The Morgan fingerprint density at radius 3 is 2.52 bits per heavy atom. The molecule has 1 fully saturated rings. The summed E-state index contributed by atoms with van der Waals surface area (Å²) in [7, 11) is 0. The number of anilines is 1. The number of nitro groups is 2. The van der Waals surface area contributed by atoms with Crippen LogP contribution < -0.4 is 4.90 Å². The Balaban J connectivity index is 1.78. The quantitative estimate of drug-likeness (QED) is 0.412. The minimum Gasteiger partial charge on any atom is -0.376 e. The fourth-order valence-electron chi connectivity index (χ4n) is 3.46. The van der Waals surface area contributed by atoms with E-state index >= 15 is 0 Å². The van der Waals surface area contributed by atoms with Gasteiger partial charge in [-0.25, -0.2) is 4.98 Å². The van der Waals surface area contributed by atoms with Crippen molar-refractivity contribution in [1.29, 1.82) is 0 Å². The van der Waals surface area contributed by atoms with E-state index < -0.39 is 27.1 Å². The maximum atomic E-state index is 13.4. The summed E-state index contributed by atoms with van der Waals surface area (Å²) in [6.45, 7) is 2.75. The highest BCUT2D eigenvalue weighted by Crippen LogP contribution is 2.32. The van der Waals surface area contributed by atoms with Crippen molar-refractivity contribution in [2.45, 2.75) is 25.9 Å². The Hall–Kier alpha value is -3.44. The lowest BCUT2D eigenvalue weighted by Gasteiger charge is -2.23. The van der Waals surface area contributed by atoms with E-state index in [1.807, 2.05) is 25.1 Å². The number of carbonyl (C=O) groups is 1. The lowest BCUT2D eigenvalue weighted by atomic mass is 10.1.